The molecule has 18 heavy (non-hydrogen) atoms. The molecule has 2 rings (SSSR count). The lowest BCUT2D eigenvalue weighted by Gasteiger charge is -2.30. The summed E-state index contributed by atoms with van der Waals surface area (Å²) in [5.41, 5.74) is 0.225. The van der Waals surface area contributed by atoms with E-state index in [1.807, 2.05) is 11.3 Å². The number of rotatable bonds is 3. The van der Waals surface area contributed by atoms with E-state index in [4.69, 9.17) is 0 Å². The molecule has 3 nitrogen and oxygen atoms in total. The molecule has 0 radical (unpaired) electrons. The van der Waals surface area contributed by atoms with Crippen molar-refractivity contribution in [3.63, 3.8) is 0 Å². The van der Waals surface area contributed by atoms with Crippen LogP contribution >= 0.6 is 11.3 Å². The maximum Gasteiger partial charge on any atom is 0.107 e. The number of nitrogens with zero attached hydrogens (tertiary/aromatic N) is 2. The van der Waals surface area contributed by atoms with Gasteiger partial charge in [0, 0.05) is 17.1 Å². The van der Waals surface area contributed by atoms with Crippen molar-refractivity contribution in [3.05, 3.63) is 16.1 Å². The van der Waals surface area contributed by atoms with Gasteiger partial charge in [0.05, 0.1) is 6.54 Å². The molecule has 1 aliphatic heterocycles. The zero-order valence-electron chi connectivity index (χ0n) is 12.0. The monoisotopic (exact) mass is 267 g/mol. The Bertz CT molecular complexity index is 375. The Hall–Kier alpha value is -0.450. The third kappa shape index (κ3) is 3.53. The summed E-state index contributed by atoms with van der Waals surface area (Å²) in [6.45, 7) is 10.0. The molecule has 0 amide bonds. The molecule has 1 N–H and O–H groups in total. The summed E-state index contributed by atoms with van der Waals surface area (Å²) in [5.74, 6) is 0. The fraction of sp³-hybridized carbons (Fsp3) is 0.786. The first-order chi connectivity index (χ1) is 8.47. The maximum atomic E-state index is 4.58. The highest BCUT2D eigenvalue weighted by molar-refractivity contribution is 7.11. The SMILES string of the molecule is CN(Cc1ncc(C(C)(C)C)s1)C1CCNCC1. The Morgan fingerprint density at radius 3 is 2.61 bits per heavy atom. The normalized spacial score (nSPS) is 18.5. The lowest BCUT2D eigenvalue weighted by Crippen LogP contribution is -2.40. The van der Waals surface area contributed by atoms with Gasteiger partial charge in [-0.15, -0.1) is 11.3 Å². The average molecular weight is 267 g/mol. The standard InChI is InChI=1S/C14H25N3S/c1-14(2,3)12-9-16-13(18-12)10-17(4)11-5-7-15-8-6-11/h9,11,15H,5-8,10H2,1-4H3. The molecule has 0 atom stereocenters. The highest BCUT2D eigenvalue weighted by Crippen LogP contribution is 2.28. The van der Waals surface area contributed by atoms with Crippen molar-refractivity contribution in [2.45, 2.75) is 51.6 Å². The first kappa shape index (κ1) is 14.0. The van der Waals surface area contributed by atoms with Gasteiger partial charge in [-0.25, -0.2) is 4.98 Å². The van der Waals surface area contributed by atoms with Crippen LogP contribution in [0.25, 0.3) is 0 Å². The first-order valence-corrected chi connectivity index (χ1v) is 7.64. The van der Waals surface area contributed by atoms with E-state index in [1.54, 1.807) is 0 Å². The van der Waals surface area contributed by atoms with Gasteiger partial charge in [0.15, 0.2) is 0 Å². The van der Waals surface area contributed by atoms with E-state index in [-0.39, 0.29) is 5.41 Å². The molecule has 1 aromatic rings. The highest BCUT2D eigenvalue weighted by Gasteiger charge is 2.21. The summed E-state index contributed by atoms with van der Waals surface area (Å²) < 4.78 is 0. The molecule has 1 saturated heterocycles. The van der Waals surface area contributed by atoms with Crippen LogP contribution in [-0.4, -0.2) is 36.1 Å². The predicted molar refractivity (Wildman–Crippen MR) is 78.2 cm³/mol. The summed E-state index contributed by atoms with van der Waals surface area (Å²) in [5, 5.41) is 4.67. The third-order valence-corrected chi connectivity index (χ3v) is 5.02. The molecule has 1 aromatic heterocycles. The van der Waals surface area contributed by atoms with E-state index in [2.05, 4.69) is 49.2 Å². The van der Waals surface area contributed by atoms with Crippen LogP contribution in [0.15, 0.2) is 6.20 Å². The molecule has 4 heteroatoms. The molecule has 1 fully saturated rings. The second-order valence-electron chi connectivity index (χ2n) is 6.26. The zero-order valence-corrected chi connectivity index (χ0v) is 12.8. The van der Waals surface area contributed by atoms with Crippen molar-refractivity contribution < 1.29 is 0 Å². The lowest BCUT2D eigenvalue weighted by molar-refractivity contribution is 0.191. The van der Waals surface area contributed by atoms with Gasteiger partial charge in [0.2, 0.25) is 0 Å². The first-order valence-electron chi connectivity index (χ1n) is 6.83. The summed E-state index contributed by atoms with van der Waals surface area (Å²) in [7, 11) is 2.23. The number of thiazole rings is 1. The van der Waals surface area contributed by atoms with Crippen molar-refractivity contribution >= 4 is 11.3 Å². The number of piperidine rings is 1. The molecule has 102 valence electrons. The van der Waals surface area contributed by atoms with E-state index in [9.17, 15) is 0 Å². The number of hydrogen-bond acceptors (Lipinski definition) is 4. The summed E-state index contributed by atoms with van der Waals surface area (Å²) >= 11 is 1.86. The van der Waals surface area contributed by atoms with E-state index in [1.165, 1.54) is 22.7 Å². The van der Waals surface area contributed by atoms with Crippen LogP contribution < -0.4 is 5.32 Å². The minimum absolute atomic E-state index is 0.225. The molecule has 2 heterocycles. The molecule has 0 spiro atoms. The second kappa shape index (κ2) is 5.68. The van der Waals surface area contributed by atoms with Crippen LogP contribution in [0.2, 0.25) is 0 Å². The Labute approximate surface area is 115 Å². The molecule has 0 aromatic carbocycles. The highest BCUT2D eigenvalue weighted by atomic mass is 32.1. The van der Waals surface area contributed by atoms with Crippen molar-refractivity contribution in [2.75, 3.05) is 20.1 Å². The van der Waals surface area contributed by atoms with E-state index >= 15 is 0 Å². The summed E-state index contributed by atoms with van der Waals surface area (Å²) in [6, 6.07) is 0.716. The topological polar surface area (TPSA) is 28.2 Å². The van der Waals surface area contributed by atoms with E-state index in [0.717, 1.165) is 19.6 Å². The van der Waals surface area contributed by atoms with Gasteiger partial charge in [-0.1, -0.05) is 20.8 Å². The fourth-order valence-corrected chi connectivity index (χ4v) is 3.36. The van der Waals surface area contributed by atoms with Crippen molar-refractivity contribution in [1.29, 1.82) is 0 Å². The van der Waals surface area contributed by atoms with E-state index in [0.29, 0.717) is 6.04 Å². The van der Waals surface area contributed by atoms with Crippen LogP contribution in [0.1, 0.15) is 43.5 Å². The lowest BCUT2D eigenvalue weighted by atomic mass is 9.96. The largest absolute Gasteiger partial charge is 0.317 e. The minimum Gasteiger partial charge on any atom is -0.317 e. The van der Waals surface area contributed by atoms with Crippen LogP contribution in [0.5, 0.6) is 0 Å². The number of nitrogens with one attached hydrogen (secondary N) is 1. The Morgan fingerprint density at radius 1 is 1.39 bits per heavy atom. The fourth-order valence-electron chi connectivity index (χ4n) is 2.32. The molecule has 0 unspecified atom stereocenters. The van der Waals surface area contributed by atoms with Crippen LogP contribution in [0, 0.1) is 0 Å². The average Bonchev–Trinajstić information content (AvgIpc) is 2.78. The third-order valence-electron chi connectivity index (χ3n) is 3.61. The quantitative estimate of drug-likeness (QED) is 0.912. The van der Waals surface area contributed by atoms with E-state index < -0.39 is 0 Å². The minimum atomic E-state index is 0.225. The molecular formula is C14H25N3S. The summed E-state index contributed by atoms with van der Waals surface area (Å²) in [6.07, 6.45) is 4.57. The molecule has 0 saturated carbocycles. The van der Waals surface area contributed by atoms with Crippen LogP contribution in [-0.2, 0) is 12.0 Å². The van der Waals surface area contributed by atoms with Crippen LogP contribution in [0.4, 0.5) is 0 Å². The number of aromatic nitrogens is 1. The van der Waals surface area contributed by atoms with Gasteiger partial charge in [-0.3, -0.25) is 4.90 Å². The predicted octanol–water partition coefficient (Wildman–Crippen LogP) is 2.62. The van der Waals surface area contributed by atoms with Gasteiger partial charge in [0.25, 0.3) is 0 Å². The summed E-state index contributed by atoms with van der Waals surface area (Å²) in [4.78, 5) is 8.43. The Kier molecular flexibility index (Phi) is 4.41. The van der Waals surface area contributed by atoms with Gasteiger partial charge >= 0.3 is 0 Å². The molecule has 1 aliphatic rings. The van der Waals surface area contributed by atoms with Gasteiger partial charge in [-0.2, -0.15) is 0 Å². The Morgan fingerprint density at radius 2 is 2.06 bits per heavy atom. The van der Waals surface area contributed by atoms with Crippen LogP contribution in [0.3, 0.4) is 0 Å². The molecular weight excluding hydrogens is 242 g/mol. The van der Waals surface area contributed by atoms with Gasteiger partial charge in [0.1, 0.15) is 5.01 Å². The van der Waals surface area contributed by atoms with Crippen molar-refractivity contribution in [1.82, 2.24) is 15.2 Å². The maximum absolute atomic E-state index is 4.58. The molecule has 0 aliphatic carbocycles. The van der Waals surface area contributed by atoms with Crippen molar-refractivity contribution in [3.8, 4) is 0 Å². The zero-order chi connectivity index (χ0) is 13.2. The Balaban J connectivity index is 1.94. The molecule has 0 bridgehead atoms. The second-order valence-corrected chi connectivity index (χ2v) is 7.38. The smallest absolute Gasteiger partial charge is 0.107 e. The van der Waals surface area contributed by atoms with Gasteiger partial charge in [-0.05, 0) is 38.4 Å². The van der Waals surface area contributed by atoms with Gasteiger partial charge < -0.3 is 5.32 Å². The number of hydrogen-bond donors (Lipinski definition) is 1. The van der Waals surface area contributed by atoms with Crippen molar-refractivity contribution in [2.24, 2.45) is 0 Å².